The van der Waals surface area contributed by atoms with E-state index in [9.17, 15) is 19.4 Å². The van der Waals surface area contributed by atoms with Crippen LogP contribution in [0.25, 0.3) is 0 Å². The molecule has 0 spiro atoms. The average molecular weight is 747 g/mol. The van der Waals surface area contributed by atoms with Gasteiger partial charge in [-0.1, -0.05) is 194 Å². The van der Waals surface area contributed by atoms with Gasteiger partial charge in [-0.3, -0.25) is 9.36 Å². The zero-order valence-corrected chi connectivity index (χ0v) is 35.5. The lowest BCUT2D eigenvalue weighted by molar-refractivity contribution is -0.870. The highest BCUT2D eigenvalue weighted by molar-refractivity contribution is 7.45. The van der Waals surface area contributed by atoms with Crippen molar-refractivity contribution >= 4 is 13.7 Å². The van der Waals surface area contributed by atoms with Crippen LogP contribution >= 0.6 is 7.82 Å². The van der Waals surface area contributed by atoms with Gasteiger partial charge in [-0.25, -0.2) is 0 Å². The molecule has 3 atom stereocenters. The molecule has 0 aromatic heterocycles. The molecule has 2 N–H and O–H groups in total. The van der Waals surface area contributed by atoms with Crippen molar-refractivity contribution in [3.05, 3.63) is 0 Å². The fourth-order valence-electron chi connectivity index (χ4n) is 6.57. The Morgan fingerprint density at radius 3 is 1.33 bits per heavy atom. The number of nitrogens with zero attached hydrogens (tertiary/aromatic N) is 1. The van der Waals surface area contributed by atoms with Crippen LogP contribution in [0.15, 0.2) is 0 Å². The second-order valence-electron chi connectivity index (χ2n) is 16.4. The van der Waals surface area contributed by atoms with Crippen molar-refractivity contribution in [3.8, 4) is 0 Å². The topological polar surface area (TPSA) is 108 Å². The zero-order valence-electron chi connectivity index (χ0n) is 34.6. The maximum Gasteiger partial charge on any atom is 0.268 e. The maximum absolute atomic E-state index is 12.7. The lowest BCUT2D eigenvalue weighted by Crippen LogP contribution is -2.46. The number of nitrogens with one attached hydrogen (secondary N) is 1. The highest BCUT2D eigenvalue weighted by Crippen LogP contribution is 2.38. The number of hydrogen-bond donors (Lipinski definition) is 2. The average Bonchev–Trinajstić information content (AvgIpc) is 3.07. The molecule has 0 heterocycles. The van der Waals surface area contributed by atoms with Gasteiger partial charge in [-0.2, -0.15) is 0 Å². The van der Waals surface area contributed by atoms with E-state index in [-0.39, 0.29) is 19.1 Å². The summed E-state index contributed by atoms with van der Waals surface area (Å²) >= 11 is 0. The van der Waals surface area contributed by atoms with Crippen molar-refractivity contribution in [2.75, 3.05) is 40.9 Å². The van der Waals surface area contributed by atoms with Crippen molar-refractivity contribution in [3.63, 3.8) is 0 Å². The molecule has 0 radical (unpaired) electrons. The van der Waals surface area contributed by atoms with Crippen molar-refractivity contribution in [2.45, 2.75) is 225 Å². The second-order valence-corrected chi connectivity index (χ2v) is 17.8. The molecule has 9 heteroatoms. The highest BCUT2D eigenvalue weighted by Gasteiger charge is 2.24. The second kappa shape index (κ2) is 35.2. The molecule has 0 aromatic carbocycles. The third kappa shape index (κ3) is 37.6. The Balaban J connectivity index is 4.07. The third-order valence-corrected chi connectivity index (χ3v) is 11.1. The largest absolute Gasteiger partial charge is 0.756 e. The van der Waals surface area contributed by atoms with E-state index in [0.717, 1.165) is 38.5 Å². The van der Waals surface area contributed by atoms with Gasteiger partial charge >= 0.3 is 0 Å². The monoisotopic (exact) mass is 747 g/mol. The first-order chi connectivity index (χ1) is 24.5. The summed E-state index contributed by atoms with van der Waals surface area (Å²) in [6.45, 7) is 4.67. The van der Waals surface area contributed by atoms with Crippen LogP contribution in [0, 0.1) is 0 Å². The number of rotatable bonds is 40. The van der Waals surface area contributed by atoms with E-state index < -0.39 is 20.0 Å². The molecule has 0 aliphatic heterocycles. The van der Waals surface area contributed by atoms with E-state index in [4.69, 9.17) is 9.05 Å². The summed E-state index contributed by atoms with van der Waals surface area (Å²) in [5.74, 6) is -0.172. The number of phosphoric ester groups is 1. The Morgan fingerprint density at radius 2 is 0.961 bits per heavy atom. The van der Waals surface area contributed by atoms with Gasteiger partial charge in [0.25, 0.3) is 7.82 Å². The Kier molecular flexibility index (Phi) is 34.9. The SMILES string of the molecule is CCCCCCCCCCCCCCCCCCCCCCCCCC(O)C(COP(=O)([O-])OCC[N+](C)(C)C)NC(=O)CCCCCCCC. The Bertz CT molecular complexity index is 809. The first-order valence-corrected chi connectivity index (χ1v) is 23.3. The summed E-state index contributed by atoms with van der Waals surface area (Å²) < 4.78 is 23.1. The van der Waals surface area contributed by atoms with E-state index in [1.54, 1.807) is 0 Å². The number of aliphatic hydroxyl groups is 1. The number of unbranched alkanes of at least 4 members (excludes halogenated alkanes) is 27. The number of hydrogen-bond acceptors (Lipinski definition) is 6. The molecule has 8 nitrogen and oxygen atoms in total. The molecular formula is C42H87N2O6P. The summed E-state index contributed by atoms with van der Waals surface area (Å²) in [6, 6.07) is -0.790. The molecule has 1 amide bonds. The summed E-state index contributed by atoms with van der Waals surface area (Å²) in [7, 11) is 1.31. The van der Waals surface area contributed by atoms with Crippen LogP contribution in [-0.2, 0) is 18.4 Å². The minimum absolute atomic E-state index is 0.0153. The smallest absolute Gasteiger partial charge is 0.268 e. The van der Waals surface area contributed by atoms with Gasteiger partial charge in [0, 0.05) is 6.42 Å². The molecule has 3 unspecified atom stereocenters. The zero-order chi connectivity index (χ0) is 37.9. The van der Waals surface area contributed by atoms with Crippen molar-refractivity contribution in [2.24, 2.45) is 0 Å². The van der Waals surface area contributed by atoms with E-state index in [0.29, 0.717) is 23.9 Å². The predicted octanol–water partition coefficient (Wildman–Crippen LogP) is 11.2. The summed E-state index contributed by atoms with van der Waals surface area (Å²) in [6.07, 6.45) is 37.1. The van der Waals surface area contributed by atoms with Gasteiger partial charge in [0.05, 0.1) is 39.9 Å². The molecule has 0 saturated carbocycles. The number of aliphatic hydroxyl groups excluding tert-OH is 1. The molecule has 51 heavy (non-hydrogen) atoms. The van der Waals surface area contributed by atoms with Gasteiger partial charge in [-0.05, 0) is 12.8 Å². The molecule has 0 saturated heterocycles. The van der Waals surface area contributed by atoms with Crippen LogP contribution < -0.4 is 10.2 Å². The standard InChI is InChI=1S/C42H87N2O6P/c1-6-8-10-12-14-15-16-17-18-19-20-21-22-23-24-25-26-27-28-29-30-31-33-35-41(45)40(43-42(46)36-34-32-13-11-9-7-2)39-50-51(47,48)49-38-37-44(3,4)5/h40-41,45H,6-39H2,1-5H3,(H-,43,46,47,48). The minimum atomic E-state index is -4.55. The summed E-state index contributed by atoms with van der Waals surface area (Å²) in [5.41, 5.74) is 0. The Labute approximate surface area is 317 Å². The number of quaternary nitrogens is 1. The van der Waals surface area contributed by atoms with Gasteiger partial charge in [0.15, 0.2) is 0 Å². The van der Waals surface area contributed by atoms with Gasteiger partial charge in [-0.15, -0.1) is 0 Å². The van der Waals surface area contributed by atoms with Gasteiger partial charge < -0.3 is 28.8 Å². The maximum atomic E-state index is 12.7. The van der Waals surface area contributed by atoms with E-state index >= 15 is 0 Å². The summed E-state index contributed by atoms with van der Waals surface area (Å²) in [4.78, 5) is 25.0. The van der Waals surface area contributed by atoms with Crippen LogP contribution in [0.5, 0.6) is 0 Å². The number of amides is 1. The predicted molar refractivity (Wildman–Crippen MR) is 215 cm³/mol. The fraction of sp³-hybridized carbons (Fsp3) is 0.976. The summed E-state index contributed by atoms with van der Waals surface area (Å²) in [5, 5.41) is 13.8. The van der Waals surface area contributed by atoms with E-state index in [1.807, 2.05) is 21.1 Å². The van der Waals surface area contributed by atoms with Crippen LogP contribution in [0.3, 0.4) is 0 Å². The van der Waals surface area contributed by atoms with Crippen LogP contribution in [0.4, 0.5) is 0 Å². The molecule has 0 rings (SSSR count). The number of carbonyl (C=O) groups is 1. The molecule has 0 bridgehead atoms. The van der Waals surface area contributed by atoms with Gasteiger partial charge in [0.1, 0.15) is 13.2 Å². The van der Waals surface area contributed by atoms with E-state index in [2.05, 4.69) is 19.2 Å². The lowest BCUT2D eigenvalue weighted by atomic mass is 10.0. The van der Waals surface area contributed by atoms with Crippen molar-refractivity contribution < 1.29 is 32.9 Å². The van der Waals surface area contributed by atoms with Crippen LogP contribution in [0.2, 0.25) is 0 Å². The highest BCUT2D eigenvalue weighted by atomic mass is 31.2. The van der Waals surface area contributed by atoms with Crippen LogP contribution in [-0.4, -0.2) is 68.5 Å². The molecule has 0 aliphatic carbocycles. The molecule has 0 fully saturated rings. The third-order valence-electron chi connectivity index (χ3n) is 10.1. The molecule has 0 aliphatic rings. The normalized spacial score (nSPS) is 14.4. The first kappa shape index (κ1) is 50.5. The van der Waals surface area contributed by atoms with Gasteiger partial charge in [0.2, 0.25) is 5.91 Å². The number of likely N-dealkylation sites (N-methyl/N-ethyl adjacent to an activating group) is 1. The molecular weight excluding hydrogens is 659 g/mol. The van der Waals surface area contributed by atoms with Crippen molar-refractivity contribution in [1.82, 2.24) is 5.32 Å². The van der Waals surface area contributed by atoms with E-state index in [1.165, 1.54) is 148 Å². The number of phosphoric acid groups is 1. The lowest BCUT2D eigenvalue weighted by Gasteiger charge is -2.30. The quantitative estimate of drug-likeness (QED) is 0.0367. The Morgan fingerprint density at radius 1 is 0.608 bits per heavy atom. The van der Waals surface area contributed by atoms with Crippen LogP contribution in [0.1, 0.15) is 213 Å². The molecule has 306 valence electrons. The first-order valence-electron chi connectivity index (χ1n) is 21.9. The minimum Gasteiger partial charge on any atom is -0.756 e. The fourth-order valence-corrected chi connectivity index (χ4v) is 7.29. The Hall–Kier alpha value is -0.500. The number of carbonyl (C=O) groups excluding carboxylic acids is 1. The molecule has 0 aromatic rings. The van der Waals surface area contributed by atoms with Crippen molar-refractivity contribution in [1.29, 1.82) is 0 Å².